The first-order chi connectivity index (χ1) is 16.1. The molecule has 0 spiro atoms. The molecule has 1 amide bonds. The Hall–Kier alpha value is -3.38. The van der Waals surface area contributed by atoms with Crippen LogP contribution in [0.4, 0.5) is 11.4 Å². The molecule has 0 bridgehead atoms. The lowest BCUT2D eigenvalue weighted by atomic mass is 10.1. The first kappa shape index (κ1) is 20.2. The number of carbonyl (C=O) groups excluding carboxylic acids is 1. The van der Waals surface area contributed by atoms with E-state index in [4.69, 9.17) is 16.6 Å². The topological polar surface area (TPSA) is 71.3 Å². The lowest BCUT2D eigenvalue weighted by Crippen LogP contribution is -2.15. The Morgan fingerprint density at radius 2 is 1.94 bits per heavy atom. The molecule has 0 radical (unpaired) electrons. The number of amides is 1. The number of pyridine rings is 2. The van der Waals surface area contributed by atoms with Gasteiger partial charge in [-0.15, -0.1) is 0 Å². The molecule has 2 unspecified atom stereocenters. The van der Waals surface area contributed by atoms with E-state index in [-0.39, 0.29) is 17.7 Å². The van der Waals surface area contributed by atoms with E-state index in [0.717, 1.165) is 34.9 Å². The maximum absolute atomic E-state index is 12.7. The molecule has 2 N–H and O–H groups in total. The third kappa shape index (κ3) is 4.44. The zero-order chi connectivity index (χ0) is 22.4. The fourth-order valence-electron chi connectivity index (χ4n) is 4.43. The van der Waals surface area contributed by atoms with Crippen LogP contribution in [0, 0.1) is 5.92 Å². The van der Waals surface area contributed by atoms with Crippen molar-refractivity contribution >= 4 is 34.5 Å². The van der Waals surface area contributed by atoms with E-state index in [1.54, 1.807) is 12.4 Å². The van der Waals surface area contributed by atoms with Crippen molar-refractivity contribution in [3.63, 3.8) is 0 Å². The lowest BCUT2D eigenvalue weighted by molar-refractivity contribution is -0.117. The molecule has 2 atom stereocenters. The van der Waals surface area contributed by atoms with Gasteiger partial charge in [-0.1, -0.05) is 29.8 Å². The Bertz CT molecular complexity index is 1350. The van der Waals surface area contributed by atoms with Crippen LogP contribution in [0.25, 0.3) is 5.65 Å². The van der Waals surface area contributed by atoms with E-state index in [9.17, 15) is 4.79 Å². The standard InChI is InChI=1S/C26H24ClN5O/c27-19-3-1-2-17(8-19)23-10-24(23)26(33)31-21-9-20(11-28-12-21)29-13-22-15-32-14-18(16-4-5-16)6-7-25(32)30-22/h1-3,6-9,11-12,14-16,23-24,29H,4-5,10,13H2,(H,31,33). The minimum absolute atomic E-state index is 0.0192. The highest BCUT2D eigenvalue weighted by molar-refractivity contribution is 6.30. The molecule has 2 aliphatic carbocycles. The molecule has 4 aromatic rings. The van der Waals surface area contributed by atoms with Gasteiger partial charge in [0.15, 0.2) is 0 Å². The van der Waals surface area contributed by atoms with Crippen LogP contribution in [0.5, 0.6) is 0 Å². The number of nitrogens with one attached hydrogen (secondary N) is 2. The van der Waals surface area contributed by atoms with E-state index >= 15 is 0 Å². The summed E-state index contributed by atoms with van der Waals surface area (Å²) in [6, 6.07) is 13.9. The summed E-state index contributed by atoms with van der Waals surface area (Å²) in [4.78, 5) is 21.7. The second-order valence-electron chi connectivity index (χ2n) is 9.04. The predicted octanol–water partition coefficient (Wildman–Crippen LogP) is 5.61. The van der Waals surface area contributed by atoms with Crippen LogP contribution in [0.1, 0.15) is 47.9 Å². The van der Waals surface area contributed by atoms with Crippen LogP contribution >= 0.6 is 11.6 Å². The Morgan fingerprint density at radius 3 is 2.79 bits per heavy atom. The summed E-state index contributed by atoms with van der Waals surface area (Å²) in [5.41, 5.74) is 5.94. The lowest BCUT2D eigenvalue weighted by Gasteiger charge is -2.08. The minimum Gasteiger partial charge on any atom is -0.378 e. The Labute approximate surface area is 197 Å². The van der Waals surface area contributed by atoms with Crippen molar-refractivity contribution < 1.29 is 4.79 Å². The maximum Gasteiger partial charge on any atom is 0.228 e. The molecule has 1 aromatic carbocycles. The zero-order valence-electron chi connectivity index (χ0n) is 18.0. The van der Waals surface area contributed by atoms with Gasteiger partial charge < -0.3 is 15.0 Å². The Kier molecular flexibility index (Phi) is 5.03. The smallest absolute Gasteiger partial charge is 0.228 e. The van der Waals surface area contributed by atoms with Crippen LogP contribution in [0.2, 0.25) is 5.02 Å². The Balaban J connectivity index is 1.08. The summed E-state index contributed by atoms with van der Waals surface area (Å²) in [6.07, 6.45) is 11.1. The Morgan fingerprint density at radius 1 is 1.06 bits per heavy atom. The van der Waals surface area contributed by atoms with Crippen LogP contribution in [0.3, 0.4) is 0 Å². The van der Waals surface area contributed by atoms with Crippen LogP contribution < -0.4 is 10.6 Å². The molecule has 6 rings (SSSR count). The van der Waals surface area contributed by atoms with Gasteiger partial charge in [0.05, 0.1) is 36.0 Å². The minimum atomic E-state index is -0.0291. The molecule has 7 heteroatoms. The predicted molar refractivity (Wildman–Crippen MR) is 130 cm³/mol. The quantitative estimate of drug-likeness (QED) is 0.378. The molecule has 33 heavy (non-hydrogen) atoms. The molecule has 3 heterocycles. The van der Waals surface area contributed by atoms with Gasteiger partial charge in [-0.05, 0) is 66.5 Å². The van der Waals surface area contributed by atoms with Crippen molar-refractivity contribution in [1.82, 2.24) is 14.4 Å². The number of fused-ring (bicyclic) bond motifs is 1. The fourth-order valence-corrected chi connectivity index (χ4v) is 4.63. The first-order valence-electron chi connectivity index (χ1n) is 11.4. The third-order valence-electron chi connectivity index (χ3n) is 6.46. The van der Waals surface area contributed by atoms with Crippen LogP contribution in [-0.2, 0) is 11.3 Å². The van der Waals surface area contributed by atoms with Crippen molar-refractivity contribution in [3.8, 4) is 0 Å². The van der Waals surface area contributed by atoms with E-state index in [1.807, 2.05) is 30.3 Å². The molecular weight excluding hydrogens is 434 g/mol. The molecule has 0 saturated heterocycles. The van der Waals surface area contributed by atoms with Crippen molar-refractivity contribution in [3.05, 3.63) is 89.1 Å². The van der Waals surface area contributed by atoms with Crippen molar-refractivity contribution in [1.29, 1.82) is 0 Å². The second kappa shape index (κ2) is 8.19. The van der Waals surface area contributed by atoms with Crippen molar-refractivity contribution in [2.75, 3.05) is 10.6 Å². The molecule has 2 aliphatic rings. The van der Waals surface area contributed by atoms with Gasteiger partial charge in [-0.25, -0.2) is 4.98 Å². The van der Waals surface area contributed by atoms with Crippen molar-refractivity contribution in [2.24, 2.45) is 5.92 Å². The number of hydrogen-bond acceptors (Lipinski definition) is 4. The number of carbonyl (C=O) groups is 1. The van der Waals surface area contributed by atoms with Gasteiger partial charge in [-0.2, -0.15) is 0 Å². The summed E-state index contributed by atoms with van der Waals surface area (Å²) >= 11 is 6.09. The van der Waals surface area contributed by atoms with E-state index in [1.165, 1.54) is 18.4 Å². The summed E-state index contributed by atoms with van der Waals surface area (Å²) in [6.45, 7) is 0.582. The molecule has 2 saturated carbocycles. The number of anilines is 2. The summed E-state index contributed by atoms with van der Waals surface area (Å²) in [5, 5.41) is 7.08. The molecule has 166 valence electrons. The normalized spacial score (nSPS) is 19.4. The van der Waals surface area contributed by atoms with Crippen LogP contribution in [-0.4, -0.2) is 20.3 Å². The van der Waals surface area contributed by atoms with Gasteiger partial charge in [0.1, 0.15) is 5.65 Å². The van der Waals surface area contributed by atoms with Gasteiger partial charge in [0.25, 0.3) is 0 Å². The number of benzene rings is 1. The van der Waals surface area contributed by atoms with Gasteiger partial charge in [0, 0.05) is 23.3 Å². The van der Waals surface area contributed by atoms with Crippen LogP contribution in [0.15, 0.2) is 67.3 Å². The summed E-state index contributed by atoms with van der Waals surface area (Å²) in [5.74, 6) is 0.941. The average molecular weight is 458 g/mol. The fraction of sp³-hybridized carbons (Fsp3) is 0.269. The van der Waals surface area contributed by atoms with Gasteiger partial charge >= 0.3 is 0 Å². The largest absolute Gasteiger partial charge is 0.378 e. The molecule has 3 aromatic heterocycles. The van der Waals surface area contributed by atoms with Gasteiger partial charge in [0.2, 0.25) is 5.91 Å². The molecule has 2 fully saturated rings. The third-order valence-corrected chi connectivity index (χ3v) is 6.69. The monoisotopic (exact) mass is 457 g/mol. The molecule has 0 aliphatic heterocycles. The number of nitrogens with zero attached hydrogens (tertiary/aromatic N) is 3. The van der Waals surface area contributed by atoms with E-state index in [0.29, 0.717) is 17.3 Å². The SMILES string of the molecule is O=C(Nc1cncc(NCc2cn3cc(C4CC4)ccc3n2)c1)C1CC1c1cccc(Cl)c1. The average Bonchev–Trinajstić information content (AvgIpc) is 3.74. The second-order valence-corrected chi connectivity index (χ2v) is 9.48. The number of halogens is 1. The highest BCUT2D eigenvalue weighted by atomic mass is 35.5. The number of rotatable bonds is 7. The highest BCUT2D eigenvalue weighted by Gasteiger charge is 2.44. The maximum atomic E-state index is 12.7. The molecule has 6 nitrogen and oxygen atoms in total. The zero-order valence-corrected chi connectivity index (χ0v) is 18.8. The summed E-state index contributed by atoms with van der Waals surface area (Å²) < 4.78 is 2.10. The van der Waals surface area contributed by atoms with Gasteiger partial charge in [-0.3, -0.25) is 9.78 Å². The molecular formula is C26H24ClN5O. The number of aromatic nitrogens is 3. The first-order valence-corrected chi connectivity index (χ1v) is 11.7. The highest BCUT2D eigenvalue weighted by Crippen LogP contribution is 2.48. The van der Waals surface area contributed by atoms with E-state index < -0.39 is 0 Å². The number of imidazole rings is 1. The summed E-state index contributed by atoms with van der Waals surface area (Å²) in [7, 11) is 0. The number of hydrogen-bond donors (Lipinski definition) is 2. The van der Waals surface area contributed by atoms with E-state index in [2.05, 4.69) is 44.5 Å². The van der Waals surface area contributed by atoms with Crippen molar-refractivity contribution in [2.45, 2.75) is 37.6 Å².